The quantitative estimate of drug-likeness (QED) is 0.897. The summed E-state index contributed by atoms with van der Waals surface area (Å²) in [4.78, 5) is 16.3. The molecule has 0 aromatic carbocycles. The normalized spacial score (nSPS) is 19.2. The third-order valence-electron chi connectivity index (χ3n) is 3.91. The number of nitrogens with zero attached hydrogens (tertiary/aromatic N) is 1. The Labute approximate surface area is 119 Å². The van der Waals surface area contributed by atoms with Gasteiger partial charge in [-0.15, -0.1) is 0 Å². The molecule has 104 valence electrons. The Morgan fingerprint density at radius 3 is 2.63 bits per heavy atom. The highest BCUT2D eigenvalue weighted by molar-refractivity contribution is 6.33. The van der Waals surface area contributed by atoms with Gasteiger partial charge in [-0.05, 0) is 44.1 Å². The molecule has 4 heteroatoms. The van der Waals surface area contributed by atoms with Crippen molar-refractivity contribution < 1.29 is 4.79 Å². The highest BCUT2D eigenvalue weighted by Crippen LogP contribution is 2.35. The molecule has 1 amide bonds. The van der Waals surface area contributed by atoms with Crippen LogP contribution in [0.5, 0.6) is 0 Å². The van der Waals surface area contributed by atoms with Crippen molar-refractivity contribution in [1.29, 1.82) is 0 Å². The van der Waals surface area contributed by atoms with Gasteiger partial charge in [0.1, 0.15) is 0 Å². The second-order valence-electron chi connectivity index (χ2n) is 6.22. The molecule has 1 aliphatic carbocycles. The number of hydrogen-bond donors (Lipinski definition) is 1. The van der Waals surface area contributed by atoms with Crippen molar-refractivity contribution in [3.05, 3.63) is 28.5 Å². The van der Waals surface area contributed by atoms with Gasteiger partial charge >= 0.3 is 0 Å². The van der Waals surface area contributed by atoms with Crippen LogP contribution in [0.4, 0.5) is 0 Å². The predicted octanol–water partition coefficient (Wildman–Crippen LogP) is 3.74. The summed E-state index contributed by atoms with van der Waals surface area (Å²) in [5.41, 5.74) is 1.70. The van der Waals surface area contributed by atoms with E-state index < -0.39 is 0 Å². The highest BCUT2D eigenvalue weighted by Gasteiger charge is 2.28. The summed E-state index contributed by atoms with van der Waals surface area (Å²) in [5.74, 6) is -0.109. The molecule has 0 bridgehead atoms. The number of halogens is 1. The minimum atomic E-state index is -0.109. The molecule has 0 unspecified atom stereocenters. The first kappa shape index (κ1) is 14.3. The minimum absolute atomic E-state index is 0.109. The Kier molecular flexibility index (Phi) is 4.14. The van der Waals surface area contributed by atoms with Crippen LogP contribution in [0.1, 0.15) is 55.6 Å². The van der Waals surface area contributed by atoms with Gasteiger partial charge in [0, 0.05) is 17.9 Å². The Bertz CT molecular complexity index is 475. The third-order valence-corrected chi connectivity index (χ3v) is 4.22. The average molecular weight is 281 g/mol. The summed E-state index contributed by atoms with van der Waals surface area (Å²) in [7, 11) is 0. The number of aromatic nitrogens is 1. The van der Waals surface area contributed by atoms with E-state index in [1.165, 1.54) is 0 Å². The van der Waals surface area contributed by atoms with Gasteiger partial charge in [-0.3, -0.25) is 9.78 Å². The molecule has 0 spiro atoms. The van der Waals surface area contributed by atoms with E-state index in [-0.39, 0.29) is 11.9 Å². The van der Waals surface area contributed by atoms with Crippen molar-refractivity contribution in [3.63, 3.8) is 0 Å². The second-order valence-corrected chi connectivity index (χ2v) is 6.62. The van der Waals surface area contributed by atoms with Crippen LogP contribution in [0.2, 0.25) is 5.02 Å². The van der Waals surface area contributed by atoms with Gasteiger partial charge in [-0.1, -0.05) is 25.4 Å². The summed E-state index contributed by atoms with van der Waals surface area (Å²) in [5, 5.41) is 3.54. The topological polar surface area (TPSA) is 42.0 Å². The Hall–Kier alpha value is -1.09. The van der Waals surface area contributed by atoms with Crippen LogP contribution >= 0.6 is 11.6 Å². The molecule has 0 saturated heterocycles. The molecule has 0 atom stereocenters. The maximum atomic E-state index is 12.2. The largest absolute Gasteiger partial charge is 0.349 e. The molecule has 1 aromatic heterocycles. The molecule has 3 nitrogen and oxygen atoms in total. The smallest absolute Gasteiger partial charge is 0.254 e. The molecule has 0 aliphatic heterocycles. The van der Waals surface area contributed by atoms with E-state index in [2.05, 4.69) is 24.1 Å². The number of hydrogen-bond acceptors (Lipinski definition) is 2. The maximum Gasteiger partial charge on any atom is 0.254 e. The average Bonchev–Trinajstić information content (AvgIpc) is 2.31. The van der Waals surface area contributed by atoms with Crippen molar-refractivity contribution >= 4 is 17.5 Å². The van der Waals surface area contributed by atoms with Crippen LogP contribution < -0.4 is 5.32 Å². The zero-order valence-corrected chi connectivity index (χ0v) is 12.5. The lowest BCUT2D eigenvalue weighted by atomic mass is 9.75. The van der Waals surface area contributed by atoms with Crippen molar-refractivity contribution in [3.8, 4) is 0 Å². The molecular weight excluding hydrogens is 260 g/mol. The molecule has 1 saturated carbocycles. The SMILES string of the molecule is Cc1cc(Cl)c(C(=O)NC2CCC(C)(C)CC2)cn1. The van der Waals surface area contributed by atoms with Gasteiger partial charge in [-0.2, -0.15) is 0 Å². The van der Waals surface area contributed by atoms with Crippen LogP contribution in [-0.2, 0) is 0 Å². The van der Waals surface area contributed by atoms with Crippen LogP contribution in [-0.4, -0.2) is 16.9 Å². The first-order valence-electron chi connectivity index (χ1n) is 6.80. The fraction of sp³-hybridized carbons (Fsp3) is 0.600. The van der Waals surface area contributed by atoms with Crippen molar-refractivity contribution in [2.45, 2.75) is 52.5 Å². The molecule has 1 fully saturated rings. The van der Waals surface area contributed by atoms with E-state index in [0.29, 0.717) is 16.0 Å². The zero-order valence-electron chi connectivity index (χ0n) is 11.8. The van der Waals surface area contributed by atoms with Crippen molar-refractivity contribution in [1.82, 2.24) is 10.3 Å². The number of rotatable bonds is 2. The standard InChI is InChI=1S/C15H21ClN2O/c1-10-8-13(16)12(9-17-10)14(19)18-11-4-6-15(2,3)7-5-11/h8-9,11H,4-7H2,1-3H3,(H,18,19). The second kappa shape index (κ2) is 5.49. The lowest BCUT2D eigenvalue weighted by Crippen LogP contribution is -2.39. The van der Waals surface area contributed by atoms with E-state index in [1.807, 2.05) is 6.92 Å². The molecule has 1 heterocycles. The summed E-state index contributed by atoms with van der Waals surface area (Å²) in [6.45, 7) is 6.42. The third kappa shape index (κ3) is 3.69. The van der Waals surface area contributed by atoms with Crippen molar-refractivity contribution in [2.75, 3.05) is 0 Å². The molecule has 0 radical (unpaired) electrons. The van der Waals surface area contributed by atoms with Gasteiger partial charge in [0.2, 0.25) is 0 Å². The molecular formula is C15H21ClN2O. The van der Waals surface area contributed by atoms with Gasteiger partial charge in [0.15, 0.2) is 0 Å². The fourth-order valence-corrected chi connectivity index (χ4v) is 2.79. The van der Waals surface area contributed by atoms with Gasteiger partial charge in [0.25, 0.3) is 5.91 Å². The van der Waals surface area contributed by atoms with E-state index in [9.17, 15) is 4.79 Å². The van der Waals surface area contributed by atoms with Gasteiger partial charge in [-0.25, -0.2) is 0 Å². The number of carbonyl (C=O) groups excluding carboxylic acids is 1. The summed E-state index contributed by atoms with van der Waals surface area (Å²) in [6.07, 6.45) is 5.93. The lowest BCUT2D eigenvalue weighted by molar-refractivity contribution is 0.0909. The minimum Gasteiger partial charge on any atom is -0.349 e. The Morgan fingerprint density at radius 1 is 1.42 bits per heavy atom. The number of pyridine rings is 1. The first-order chi connectivity index (χ1) is 8.87. The van der Waals surface area contributed by atoms with E-state index >= 15 is 0 Å². The van der Waals surface area contributed by atoms with Crippen LogP contribution in [0.25, 0.3) is 0 Å². The molecule has 19 heavy (non-hydrogen) atoms. The number of carbonyl (C=O) groups is 1. The van der Waals surface area contributed by atoms with Crippen LogP contribution in [0.15, 0.2) is 12.3 Å². The van der Waals surface area contributed by atoms with E-state index in [0.717, 1.165) is 31.4 Å². The molecule has 1 N–H and O–H groups in total. The summed E-state index contributed by atoms with van der Waals surface area (Å²) in [6, 6.07) is 1.98. The number of aryl methyl sites for hydroxylation is 1. The highest BCUT2D eigenvalue weighted by atomic mass is 35.5. The van der Waals surface area contributed by atoms with E-state index in [4.69, 9.17) is 11.6 Å². The molecule has 2 rings (SSSR count). The lowest BCUT2D eigenvalue weighted by Gasteiger charge is -2.34. The van der Waals surface area contributed by atoms with E-state index in [1.54, 1.807) is 12.3 Å². The molecule has 1 aliphatic rings. The monoisotopic (exact) mass is 280 g/mol. The Morgan fingerprint density at radius 2 is 2.05 bits per heavy atom. The summed E-state index contributed by atoms with van der Waals surface area (Å²) >= 11 is 6.09. The maximum absolute atomic E-state index is 12.2. The summed E-state index contributed by atoms with van der Waals surface area (Å²) < 4.78 is 0. The van der Waals surface area contributed by atoms with Crippen LogP contribution in [0, 0.1) is 12.3 Å². The number of nitrogens with one attached hydrogen (secondary N) is 1. The zero-order chi connectivity index (χ0) is 14.0. The Balaban J connectivity index is 1.98. The van der Waals surface area contributed by atoms with Gasteiger partial charge in [0.05, 0.1) is 10.6 Å². The fourth-order valence-electron chi connectivity index (χ4n) is 2.50. The number of amides is 1. The predicted molar refractivity (Wildman–Crippen MR) is 77.5 cm³/mol. The van der Waals surface area contributed by atoms with Gasteiger partial charge < -0.3 is 5.32 Å². The first-order valence-corrected chi connectivity index (χ1v) is 7.18. The molecule has 1 aromatic rings. The van der Waals surface area contributed by atoms with Crippen molar-refractivity contribution in [2.24, 2.45) is 5.41 Å². The van der Waals surface area contributed by atoms with Crippen LogP contribution in [0.3, 0.4) is 0 Å².